The zero-order chi connectivity index (χ0) is 24.5. The van der Waals surface area contributed by atoms with Gasteiger partial charge in [0, 0.05) is 64.8 Å². The number of allylic oxidation sites excluding steroid dienone is 1. The fraction of sp³-hybridized carbons (Fsp3) is 0.200. The topological polar surface area (TPSA) is 43.2 Å². The minimum absolute atomic E-state index is 0. The van der Waals surface area contributed by atoms with Gasteiger partial charge in [-0.3, -0.25) is 9.59 Å². The van der Waals surface area contributed by atoms with Gasteiger partial charge >= 0.3 is 0 Å². The van der Waals surface area contributed by atoms with Gasteiger partial charge in [-0.05, 0) is 23.8 Å². The van der Waals surface area contributed by atoms with Gasteiger partial charge in [-0.25, -0.2) is 0 Å². The maximum absolute atomic E-state index is 12.4. The second-order valence-corrected chi connectivity index (χ2v) is 11.4. The van der Waals surface area contributed by atoms with Crippen molar-refractivity contribution in [1.82, 2.24) is 14.7 Å². The third-order valence-corrected chi connectivity index (χ3v) is 8.97. The van der Waals surface area contributed by atoms with Crippen LogP contribution in [-0.4, -0.2) is 65.5 Å². The minimum atomic E-state index is -0.446. The van der Waals surface area contributed by atoms with Crippen LogP contribution < -0.4 is 28.3 Å². The van der Waals surface area contributed by atoms with E-state index in [9.17, 15) is 9.59 Å². The standard InChI is InChI=1S/C18H15P.C12H13N3O2.ClH.Rh/c1-4-10-16(11-5-1)19(17-12-6-2-7-13-17)18-14-8-3-9-15-18;16-9-7-8(13-1-2-13)12(17)11(15-5-6-15)10(9)14-3-4-14;;/h1-15H;7H,1-6H2;1H;/p-1. The number of carbonyl (C=O) groups is 2. The number of carbonyl (C=O) groups excluding carboxylic acids is 2. The molecule has 3 aromatic carbocycles. The maximum atomic E-state index is 12.4. The smallest absolute Gasteiger partial charge is 0.227 e. The number of rotatable bonds is 6. The molecule has 3 heterocycles. The van der Waals surface area contributed by atoms with E-state index in [-0.39, 0.29) is 43.5 Å². The maximum Gasteiger partial charge on any atom is 0.227 e. The second-order valence-electron chi connectivity index (χ2n) is 9.22. The summed E-state index contributed by atoms with van der Waals surface area (Å²) in [5.74, 6) is 0.0485. The van der Waals surface area contributed by atoms with Crippen LogP contribution in [0.2, 0.25) is 0 Å². The predicted octanol–water partition coefficient (Wildman–Crippen LogP) is -0.373. The van der Waals surface area contributed by atoms with Crippen molar-refractivity contribution in [3.05, 3.63) is 114 Å². The average Bonchev–Trinajstić information content (AvgIpc) is 3.77. The second kappa shape index (κ2) is 12.4. The number of halogens is 1. The summed E-state index contributed by atoms with van der Waals surface area (Å²) in [5, 5.41) is 4.19. The Hall–Kier alpha value is -2.78. The summed E-state index contributed by atoms with van der Waals surface area (Å²) in [6.07, 6.45) is 1.52. The SMILES string of the molecule is O=C1C=C(N2CC2)C(=O)C(N2CC2)=C1N1CC1.[Cl-].[Rh].c1ccc(P(c2ccccc2)c2ccccc2)cc1. The van der Waals surface area contributed by atoms with Crippen LogP contribution in [-0.2, 0) is 29.1 Å². The number of ketones is 2. The molecule has 1 radical (unpaired) electrons. The summed E-state index contributed by atoms with van der Waals surface area (Å²) >= 11 is 0. The molecule has 0 spiro atoms. The van der Waals surface area contributed by atoms with E-state index in [2.05, 4.69) is 91.0 Å². The van der Waals surface area contributed by atoms with E-state index in [0.29, 0.717) is 17.1 Å². The Morgan fingerprint density at radius 2 is 0.895 bits per heavy atom. The van der Waals surface area contributed by atoms with E-state index in [1.54, 1.807) is 0 Å². The van der Waals surface area contributed by atoms with Crippen molar-refractivity contribution in [2.75, 3.05) is 39.3 Å². The largest absolute Gasteiger partial charge is 1.00 e. The minimum Gasteiger partial charge on any atom is -1.00 e. The van der Waals surface area contributed by atoms with E-state index < -0.39 is 7.92 Å². The van der Waals surface area contributed by atoms with E-state index in [4.69, 9.17) is 0 Å². The van der Waals surface area contributed by atoms with Crippen molar-refractivity contribution in [1.29, 1.82) is 0 Å². The van der Waals surface area contributed by atoms with Gasteiger partial charge in [-0.15, -0.1) is 0 Å². The van der Waals surface area contributed by atoms with Gasteiger partial charge < -0.3 is 27.1 Å². The molecule has 38 heavy (non-hydrogen) atoms. The molecule has 7 rings (SSSR count). The first-order chi connectivity index (χ1) is 17.7. The molecular weight excluding hydrogens is 604 g/mol. The number of benzene rings is 3. The molecular formula is C30H28ClN3O2PRh-. The molecule has 0 bridgehead atoms. The summed E-state index contributed by atoms with van der Waals surface area (Å²) < 4.78 is 0. The van der Waals surface area contributed by atoms with Crippen LogP contribution in [0.4, 0.5) is 0 Å². The third-order valence-electron chi connectivity index (χ3n) is 6.53. The van der Waals surface area contributed by atoms with Crippen molar-refractivity contribution in [2.45, 2.75) is 0 Å². The molecule has 3 aliphatic heterocycles. The van der Waals surface area contributed by atoms with Gasteiger partial charge in [0.25, 0.3) is 0 Å². The van der Waals surface area contributed by atoms with Gasteiger partial charge in [-0.2, -0.15) is 0 Å². The number of nitrogens with zero attached hydrogens (tertiary/aromatic N) is 3. The summed E-state index contributed by atoms with van der Waals surface area (Å²) in [7, 11) is -0.446. The molecule has 3 fully saturated rings. The first kappa shape index (κ1) is 28.2. The van der Waals surface area contributed by atoms with Crippen molar-refractivity contribution in [2.24, 2.45) is 0 Å². The molecule has 3 aromatic rings. The van der Waals surface area contributed by atoms with Crippen LogP contribution in [0.3, 0.4) is 0 Å². The molecule has 0 aromatic heterocycles. The van der Waals surface area contributed by atoms with Gasteiger partial charge in [0.2, 0.25) is 11.6 Å². The Morgan fingerprint density at radius 1 is 0.526 bits per heavy atom. The first-order valence-electron chi connectivity index (χ1n) is 12.5. The normalized spacial score (nSPS) is 17.2. The fourth-order valence-corrected chi connectivity index (χ4v) is 6.76. The van der Waals surface area contributed by atoms with Gasteiger partial charge in [0.05, 0.1) is 5.70 Å². The van der Waals surface area contributed by atoms with Gasteiger partial charge in [-0.1, -0.05) is 91.0 Å². The summed E-state index contributed by atoms with van der Waals surface area (Å²) in [6.45, 7) is 5.41. The molecule has 4 aliphatic rings. The van der Waals surface area contributed by atoms with Crippen molar-refractivity contribution < 1.29 is 41.5 Å². The Bertz CT molecular complexity index is 1250. The monoisotopic (exact) mass is 631 g/mol. The van der Waals surface area contributed by atoms with Gasteiger partial charge in [0.1, 0.15) is 11.4 Å². The van der Waals surface area contributed by atoms with E-state index in [0.717, 1.165) is 39.3 Å². The van der Waals surface area contributed by atoms with Crippen molar-refractivity contribution >= 4 is 35.4 Å². The molecule has 5 nitrogen and oxygen atoms in total. The molecule has 197 valence electrons. The predicted molar refractivity (Wildman–Crippen MR) is 145 cm³/mol. The third kappa shape index (κ3) is 6.26. The van der Waals surface area contributed by atoms with Crippen molar-refractivity contribution in [3.8, 4) is 0 Å². The van der Waals surface area contributed by atoms with Crippen LogP contribution in [0.5, 0.6) is 0 Å². The van der Waals surface area contributed by atoms with Gasteiger partial charge in [0.15, 0.2) is 0 Å². The molecule has 0 unspecified atom stereocenters. The summed E-state index contributed by atoms with van der Waals surface area (Å²) in [6, 6.07) is 32.3. The molecule has 3 saturated heterocycles. The van der Waals surface area contributed by atoms with Crippen LogP contribution in [0.1, 0.15) is 0 Å². The molecule has 0 saturated carbocycles. The first-order valence-corrected chi connectivity index (χ1v) is 13.8. The van der Waals surface area contributed by atoms with Crippen molar-refractivity contribution in [3.63, 3.8) is 0 Å². The van der Waals surface area contributed by atoms with E-state index in [1.807, 2.05) is 14.7 Å². The molecule has 0 amide bonds. The zero-order valence-corrected chi connectivity index (χ0v) is 24.1. The molecule has 0 N–H and O–H groups in total. The van der Waals surface area contributed by atoms with Crippen LogP contribution in [0.25, 0.3) is 0 Å². The van der Waals surface area contributed by atoms with E-state index >= 15 is 0 Å². The Morgan fingerprint density at radius 3 is 1.26 bits per heavy atom. The summed E-state index contributed by atoms with van der Waals surface area (Å²) in [4.78, 5) is 30.5. The number of hydrogen-bond donors (Lipinski definition) is 0. The summed E-state index contributed by atoms with van der Waals surface area (Å²) in [5.41, 5.74) is 1.89. The Kier molecular flexibility index (Phi) is 9.20. The molecule has 1 aliphatic carbocycles. The average molecular weight is 632 g/mol. The van der Waals surface area contributed by atoms with E-state index in [1.165, 1.54) is 22.0 Å². The van der Waals surface area contributed by atoms with Crippen LogP contribution in [0, 0.1) is 0 Å². The van der Waals surface area contributed by atoms with Crippen LogP contribution in [0.15, 0.2) is 114 Å². The molecule has 8 heteroatoms. The van der Waals surface area contributed by atoms with Crippen LogP contribution >= 0.6 is 7.92 Å². The fourth-order valence-electron chi connectivity index (χ4n) is 4.45. The number of hydrogen-bond acceptors (Lipinski definition) is 5. The Balaban J connectivity index is 0.000000169. The number of Topliss-reactive ketones (excluding diaryl/α,β-unsaturated/α-hetero) is 1. The zero-order valence-electron chi connectivity index (χ0n) is 20.8. The molecule has 0 atom stereocenters. The Labute approximate surface area is 244 Å². The quantitative estimate of drug-likeness (QED) is 0.161.